The average molecular weight is 797 g/mol. The molecule has 1 amide bonds. The third kappa shape index (κ3) is 40.7. The number of unbranched alkanes of at least 4 members (excludes halogenated alkanes) is 24. The highest BCUT2D eigenvalue weighted by Crippen LogP contribution is 2.38. The summed E-state index contributed by atoms with van der Waals surface area (Å²) in [6, 6.07) is -0.903. The maximum Gasteiger partial charge on any atom is 0.268 e. The molecule has 0 aromatic carbocycles. The Bertz CT molecular complexity index is 995. The summed E-state index contributed by atoms with van der Waals surface area (Å²) in [5.74, 6) is -0.213. The van der Waals surface area contributed by atoms with Crippen LogP contribution in [0.2, 0.25) is 0 Å². The molecule has 0 fully saturated rings. The highest BCUT2D eigenvalue weighted by molar-refractivity contribution is 7.45. The Morgan fingerprint density at radius 1 is 0.618 bits per heavy atom. The van der Waals surface area contributed by atoms with Crippen LogP contribution in [0.25, 0.3) is 0 Å². The van der Waals surface area contributed by atoms with Crippen molar-refractivity contribution in [3.63, 3.8) is 0 Å². The zero-order valence-electron chi connectivity index (χ0n) is 36.6. The minimum absolute atomic E-state index is 0.00717. The van der Waals surface area contributed by atoms with Crippen molar-refractivity contribution in [2.45, 2.75) is 212 Å². The molecule has 9 heteroatoms. The van der Waals surface area contributed by atoms with Crippen molar-refractivity contribution in [2.75, 3.05) is 40.9 Å². The number of allylic oxidation sites excluding steroid dienone is 5. The number of aliphatic hydroxyl groups is 1. The molecule has 324 valence electrons. The molecule has 0 aromatic rings. The maximum atomic E-state index is 12.9. The van der Waals surface area contributed by atoms with Gasteiger partial charge in [0.1, 0.15) is 13.2 Å². The lowest BCUT2D eigenvalue weighted by Crippen LogP contribution is -2.45. The molecule has 0 aromatic heterocycles. The molecule has 0 aliphatic rings. The number of carbonyl (C=O) groups is 1. The van der Waals surface area contributed by atoms with Gasteiger partial charge in [-0.3, -0.25) is 9.36 Å². The molecule has 2 N–H and O–H groups in total. The Morgan fingerprint density at radius 3 is 1.47 bits per heavy atom. The van der Waals surface area contributed by atoms with Crippen LogP contribution in [0.4, 0.5) is 0 Å². The summed E-state index contributed by atoms with van der Waals surface area (Å²) in [6.07, 6.45) is 46.2. The predicted molar refractivity (Wildman–Crippen MR) is 233 cm³/mol. The third-order valence-electron chi connectivity index (χ3n) is 10.1. The molecule has 0 saturated carbocycles. The molecule has 3 atom stereocenters. The van der Waals surface area contributed by atoms with Gasteiger partial charge in [0.25, 0.3) is 7.82 Å². The number of phosphoric ester groups is 1. The van der Waals surface area contributed by atoms with Crippen molar-refractivity contribution in [3.8, 4) is 0 Å². The molecule has 55 heavy (non-hydrogen) atoms. The van der Waals surface area contributed by atoms with E-state index in [1.165, 1.54) is 141 Å². The number of rotatable bonds is 41. The molecule has 3 unspecified atom stereocenters. The topological polar surface area (TPSA) is 108 Å². The Hall–Kier alpha value is -1.28. The van der Waals surface area contributed by atoms with Gasteiger partial charge in [-0.1, -0.05) is 172 Å². The molecule has 0 aliphatic heterocycles. The fourth-order valence-corrected chi connectivity index (χ4v) is 7.12. The number of phosphoric acid groups is 1. The Labute approximate surface area is 340 Å². The van der Waals surface area contributed by atoms with Crippen LogP contribution in [0.1, 0.15) is 200 Å². The second-order valence-corrected chi connectivity index (χ2v) is 18.2. The molecular weight excluding hydrogens is 707 g/mol. The lowest BCUT2D eigenvalue weighted by Gasteiger charge is -2.29. The number of hydrogen-bond acceptors (Lipinski definition) is 6. The summed E-state index contributed by atoms with van der Waals surface area (Å²) in [5, 5.41) is 13.7. The fourth-order valence-electron chi connectivity index (χ4n) is 6.40. The van der Waals surface area contributed by atoms with Gasteiger partial charge in [-0.25, -0.2) is 0 Å². The monoisotopic (exact) mass is 797 g/mol. The first kappa shape index (κ1) is 53.7. The van der Waals surface area contributed by atoms with Gasteiger partial charge < -0.3 is 28.8 Å². The highest BCUT2D eigenvalue weighted by atomic mass is 31.2. The standard InChI is InChI=1S/C46H89N2O6P/c1-6-8-10-12-14-16-18-20-22-23-24-25-26-28-30-32-34-36-38-40-46(50)47-44(43-54-55(51,52)53-42-41-48(3,4)5)45(49)39-37-35-33-31-29-27-21-19-17-15-13-11-9-7-2/h23-24,29,31,37,39,44-45,49H,6-22,25-28,30,32-36,38,40-43H2,1-5H3,(H-,47,50,51,52)/b24-23-,31-29+,39-37+. The Kier molecular flexibility index (Phi) is 37.4. The summed E-state index contributed by atoms with van der Waals surface area (Å²) in [6.45, 7) is 4.61. The van der Waals surface area contributed by atoms with Crippen LogP contribution in [-0.2, 0) is 18.4 Å². The largest absolute Gasteiger partial charge is 0.756 e. The summed E-state index contributed by atoms with van der Waals surface area (Å²) >= 11 is 0. The number of nitrogens with zero attached hydrogens (tertiary/aromatic N) is 1. The summed E-state index contributed by atoms with van der Waals surface area (Å²) < 4.78 is 23.2. The quantitative estimate of drug-likeness (QED) is 0.0276. The van der Waals surface area contributed by atoms with E-state index in [2.05, 4.69) is 43.5 Å². The second-order valence-electron chi connectivity index (χ2n) is 16.7. The van der Waals surface area contributed by atoms with Gasteiger partial charge in [-0.05, 0) is 57.8 Å². The van der Waals surface area contributed by atoms with Gasteiger partial charge in [0.15, 0.2) is 0 Å². The van der Waals surface area contributed by atoms with Gasteiger partial charge >= 0.3 is 0 Å². The molecule has 0 aliphatic carbocycles. The maximum absolute atomic E-state index is 12.9. The number of hydrogen-bond donors (Lipinski definition) is 2. The van der Waals surface area contributed by atoms with Crippen LogP contribution >= 0.6 is 7.82 Å². The molecule has 0 bridgehead atoms. The van der Waals surface area contributed by atoms with Gasteiger partial charge in [-0.15, -0.1) is 0 Å². The van der Waals surface area contributed by atoms with E-state index in [1.54, 1.807) is 6.08 Å². The Morgan fingerprint density at radius 2 is 1.02 bits per heavy atom. The first-order valence-electron chi connectivity index (χ1n) is 22.9. The summed E-state index contributed by atoms with van der Waals surface area (Å²) in [5.41, 5.74) is 0. The van der Waals surface area contributed by atoms with E-state index in [4.69, 9.17) is 9.05 Å². The van der Waals surface area contributed by atoms with E-state index in [0.29, 0.717) is 17.4 Å². The lowest BCUT2D eigenvalue weighted by atomic mass is 10.1. The number of likely N-dealkylation sites (N-methyl/N-ethyl adjacent to an activating group) is 1. The van der Waals surface area contributed by atoms with Crippen LogP contribution in [-0.4, -0.2) is 68.5 Å². The van der Waals surface area contributed by atoms with Crippen LogP contribution in [0, 0.1) is 0 Å². The van der Waals surface area contributed by atoms with Gasteiger partial charge in [0.2, 0.25) is 5.91 Å². The minimum atomic E-state index is -4.59. The second kappa shape index (κ2) is 38.2. The Balaban J connectivity index is 4.42. The molecule has 0 heterocycles. The van der Waals surface area contributed by atoms with E-state index in [9.17, 15) is 19.4 Å². The van der Waals surface area contributed by atoms with E-state index in [-0.39, 0.29) is 12.5 Å². The van der Waals surface area contributed by atoms with Crippen molar-refractivity contribution >= 4 is 13.7 Å². The average Bonchev–Trinajstić information content (AvgIpc) is 3.13. The SMILES string of the molecule is CCCCCCCCCC/C=C\CCCCCCCCCC(=O)NC(COP(=O)([O-])OCC[N+](C)(C)C)C(O)/C=C/CC/C=C/CCCCCCCCCC. The number of quaternary nitrogens is 1. The summed E-state index contributed by atoms with van der Waals surface area (Å²) in [7, 11) is 1.24. The molecule has 0 saturated heterocycles. The third-order valence-corrected chi connectivity index (χ3v) is 11.0. The van der Waals surface area contributed by atoms with Gasteiger partial charge in [0, 0.05) is 6.42 Å². The number of carbonyl (C=O) groups excluding carboxylic acids is 1. The van der Waals surface area contributed by atoms with Crippen LogP contribution < -0.4 is 10.2 Å². The normalized spacial score (nSPS) is 14.7. The first-order valence-corrected chi connectivity index (χ1v) is 24.3. The molecule has 0 rings (SSSR count). The predicted octanol–water partition coefficient (Wildman–Crippen LogP) is 12.1. The van der Waals surface area contributed by atoms with E-state index < -0.39 is 26.6 Å². The van der Waals surface area contributed by atoms with Crippen LogP contribution in [0.3, 0.4) is 0 Å². The van der Waals surface area contributed by atoms with Gasteiger partial charge in [-0.2, -0.15) is 0 Å². The van der Waals surface area contributed by atoms with Crippen LogP contribution in [0.15, 0.2) is 36.5 Å². The molecule has 0 radical (unpaired) electrons. The molecule has 8 nitrogen and oxygen atoms in total. The highest BCUT2D eigenvalue weighted by Gasteiger charge is 2.23. The fraction of sp³-hybridized carbons (Fsp3) is 0.848. The minimum Gasteiger partial charge on any atom is -0.756 e. The van der Waals surface area contributed by atoms with E-state index >= 15 is 0 Å². The lowest BCUT2D eigenvalue weighted by molar-refractivity contribution is -0.870. The van der Waals surface area contributed by atoms with Crippen molar-refractivity contribution in [3.05, 3.63) is 36.5 Å². The first-order chi connectivity index (χ1) is 26.5. The van der Waals surface area contributed by atoms with Crippen molar-refractivity contribution in [1.82, 2.24) is 5.32 Å². The van der Waals surface area contributed by atoms with Crippen molar-refractivity contribution in [2.24, 2.45) is 0 Å². The number of nitrogens with one attached hydrogen (secondary N) is 1. The zero-order chi connectivity index (χ0) is 40.7. The van der Waals surface area contributed by atoms with E-state index in [0.717, 1.165) is 38.5 Å². The smallest absolute Gasteiger partial charge is 0.268 e. The number of amides is 1. The van der Waals surface area contributed by atoms with Crippen molar-refractivity contribution < 1.29 is 32.9 Å². The number of aliphatic hydroxyl groups excluding tert-OH is 1. The van der Waals surface area contributed by atoms with Crippen LogP contribution in [0.5, 0.6) is 0 Å². The van der Waals surface area contributed by atoms with Crippen molar-refractivity contribution in [1.29, 1.82) is 0 Å². The summed E-state index contributed by atoms with van der Waals surface area (Å²) in [4.78, 5) is 25.3. The molecular formula is C46H89N2O6P. The van der Waals surface area contributed by atoms with Gasteiger partial charge in [0.05, 0.1) is 39.9 Å². The zero-order valence-corrected chi connectivity index (χ0v) is 37.5. The molecule has 0 spiro atoms. The van der Waals surface area contributed by atoms with E-state index in [1.807, 2.05) is 27.2 Å².